The van der Waals surface area contributed by atoms with E-state index in [1.807, 2.05) is 0 Å². The molecule has 2 aromatic rings. The molecule has 0 saturated carbocycles. The van der Waals surface area contributed by atoms with E-state index >= 15 is 0 Å². The predicted octanol–water partition coefficient (Wildman–Crippen LogP) is -1.28. The van der Waals surface area contributed by atoms with Crippen molar-refractivity contribution in [3.05, 3.63) is 22.4 Å². The molecule has 1 aliphatic heterocycles. The molecule has 112 valence electrons. The standard InChI is InChI=1S/C12H15N5O4/c1-5-3-14-11-9(15-5)10(13)16-12(20)17(11)8-2-6(19)7(4-18)21-8/h3,6-8,18-19H,2,4H2,1H3,(H2,13,16,20)/t6-,7+,8+/m0/s1. The lowest BCUT2D eigenvalue weighted by molar-refractivity contribution is -0.0445. The second-order valence-corrected chi connectivity index (χ2v) is 4.95. The molecule has 1 fully saturated rings. The SMILES string of the molecule is Cc1cnc2c(n1)c(N)nc(=O)n2[C@H]1C[C@H](O)[C@@H](CO)O1. The highest BCUT2D eigenvalue weighted by molar-refractivity contribution is 5.80. The Hall–Kier alpha value is -2.10. The summed E-state index contributed by atoms with van der Waals surface area (Å²) in [5.74, 6) is -0.000274. The highest BCUT2D eigenvalue weighted by Crippen LogP contribution is 2.29. The lowest BCUT2D eigenvalue weighted by Crippen LogP contribution is -2.30. The van der Waals surface area contributed by atoms with Crippen molar-refractivity contribution in [1.82, 2.24) is 19.5 Å². The van der Waals surface area contributed by atoms with Crippen LogP contribution in [0.5, 0.6) is 0 Å². The molecular formula is C12H15N5O4. The first-order valence-corrected chi connectivity index (χ1v) is 6.47. The Labute approximate surface area is 119 Å². The number of fused-ring (bicyclic) bond motifs is 1. The number of aliphatic hydroxyl groups excluding tert-OH is 2. The summed E-state index contributed by atoms with van der Waals surface area (Å²) in [6.45, 7) is 1.41. The summed E-state index contributed by atoms with van der Waals surface area (Å²) in [5, 5.41) is 18.9. The Balaban J connectivity index is 2.17. The molecule has 1 saturated heterocycles. The van der Waals surface area contributed by atoms with Gasteiger partial charge in [0.05, 0.1) is 24.6 Å². The molecule has 0 unspecified atom stereocenters. The third-order valence-electron chi connectivity index (χ3n) is 3.44. The van der Waals surface area contributed by atoms with E-state index in [-0.39, 0.29) is 24.5 Å². The molecule has 9 heteroatoms. The summed E-state index contributed by atoms with van der Waals surface area (Å²) < 4.78 is 6.69. The number of aryl methyl sites for hydroxylation is 1. The van der Waals surface area contributed by atoms with Crippen molar-refractivity contribution in [3.8, 4) is 0 Å². The molecule has 0 bridgehead atoms. The molecule has 0 amide bonds. The summed E-state index contributed by atoms with van der Waals surface area (Å²) in [6, 6.07) is 0. The quantitative estimate of drug-likeness (QED) is 0.622. The number of aliphatic hydroxyl groups is 2. The Morgan fingerprint density at radius 2 is 2.29 bits per heavy atom. The number of rotatable bonds is 2. The minimum absolute atomic E-state index is 0.000274. The fraction of sp³-hybridized carbons (Fsp3) is 0.500. The topological polar surface area (TPSA) is 136 Å². The van der Waals surface area contributed by atoms with Crippen LogP contribution in [0.25, 0.3) is 11.2 Å². The molecule has 0 aromatic carbocycles. The number of nitrogens with zero attached hydrogens (tertiary/aromatic N) is 4. The van der Waals surface area contributed by atoms with Gasteiger partial charge in [0, 0.05) is 6.42 Å². The lowest BCUT2D eigenvalue weighted by Gasteiger charge is -2.16. The number of nitrogens with two attached hydrogens (primary N) is 1. The Kier molecular flexibility index (Phi) is 3.32. The van der Waals surface area contributed by atoms with Crippen LogP contribution in [0, 0.1) is 6.92 Å². The van der Waals surface area contributed by atoms with Gasteiger partial charge in [0.25, 0.3) is 0 Å². The van der Waals surface area contributed by atoms with Gasteiger partial charge in [-0.1, -0.05) is 0 Å². The number of hydrogen-bond donors (Lipinski definition) is 3. The van der Waals surface area contributed by atoms with Crippen LogP contribution in [-0.4, -0.2) is 48.5 Å². The normalized spacial score (nSPS) is 25.6. The molecule has 4 N–H and O–H groups in total. The molecule has 3 heterocycles. The predicted molar refractivity (Wildman–Crippen MR) is 72.4 cm³/mol. The Morgan fingerprint density at radius 3 is 2.95 bits per heavy atom. The van der Waals surface area contributed by atoms with Gasteiger partial charge < -0.3 is 20.7 Å². The van der Waals surface area contributed by atoms with E-state index in [4.69, 9.17) is 15.6 Å². The van der Waals surface area contributed by atoms with Crippen LogP contribution in [0.15, 0.2) is 11.0 Å². The maximum absolute atomic E-state index is 12.1. The van der Waals surface area contributed by atoms with Crippen LogP contribution in [0.1, 0.15) is 18.3 Å². The number of anilines is 1. The van der Waals surface area contributed by atoms with Crippen LogP contribution in [0.4, 0.5) is 5.82 Å². The molecular weight excluding hydrogens is 278 g/mol. The van der Waals surface area contributed by atoms with Crippen LogP contribution in [0.3, 0.4) is 0 Å². The summed E-state index contributed by atoms with van der Waals surface area (Å²) in [7, 11) is 0. The molecule has 21 heavy (non-hydrogen) atoms. The fourth-order valence-electron chi connectivity index (χ4n) is 2.42. The number of ether oxygens (including phenoxy) is 1. The highest BCUT2D eigenvalue weighted by Gasteiger charge is 2.36. The van der Waals surface area contributed by atoms with Crippen molar-refractivity contribution >= 4 is 17.0 Å². The van der Waals surface area contributed by atoms with Gasteiger partial charge in [0.1, 0.15) is 17.8 Å². The summed E-state index contributed by atoms with van der Waals surface area (Å²) in [4.78, 5) is 24.2. The molecule has 0 aliphatic carbocycles. The molecule has 0 radical (unpaired) electrons. The molecule has 1 aliphatic rings. The largest absolute Gasteiger partial charge is 0.394 e. The van der Waals surface area contributed by atoms with Crippen LogP contribution >= 0.6 is 0 Å². The molecule has 0 spiro atoms. The van der Waals surface area contributed by atoms with Gasteiger partial charge in [-0.15, -0.1) is 0 Å². The average Bonchev–Trinajstić information content (AvgIpc) is 2.80. The monoisotopic (exact) mass is 293 g/mol. The van der Waals surface area contributed by atoms with Crippen molar-refractivity contribution in [3.63, 3.8) is 0 Å². The number of aromatic nitrogens is 4. The van der Waals surface area contributed by atoms with Crippen LogP contribution < -0.4 is 11.4 Å². The first kappa shape index (κ1) is 13.9. The van der Waals surface area contributed by atoms with Crippen molar-refractivity contribution in [2.24, 2.45) is 0 Å². The van der Waals surface area contributed by atoms with E-state index in [1.54, 1.807) is 6.92 Å². The first-order valence-electron chi connectivity index (χ1n) is 6.47. The maximum Gasteiger partial charge on any atom is 0.353 e. The lowest BCUT2D eigenvalue weighted by atomic mass is 10.2. The maximum atomic E-state index is 12.1. The summed E-state index contributed by atoms with van der Waals surface area (Å²) in [6.07, 6.45) is -0.711. The second kappa shape index (κ2) is 5.02. The van der Waals surface area contributed by atoms with Gasteiger partial charge in [-0.05, 0) is 6.92 Å². The molecule has 3 atom stereocenters. The number of hydrogen-bond acceptors (Lipinski definition) is 8. The molecule has 2 aromatic heterocycles. The second-order valence-electron chi connectivity index (χ2n) is 4.95. The zero-order valence-electron chi connectivity index (χ0n) is 11.3. The molecule has 3 rings (SSSR count). The zero-order valence-corrected chi connectivity index (χ0v) is 11.3. The van der Waals surface area contributed by atoms with Crippen molar-refractivity contribution in [1.29, 1.82) is 0 Å². The first-order chi connectivity index (χ1) is 10.0. The van der Waals surface area contributed by atoms with E-state index in [0.717, 1.165) is 0 Å². The van der Waals surface area contributed by atoms with Crippen LogP contribution in [0.2, 0.25) is 0 Å². The van der Waals surface area contributed by atoms with Gasteiger partial charge in [0.2, 0.25) is 0 Å². The third-order valence-corrected chi connectivity index (χ3v) is 3.44. The van der Waals surface area contributed by atoms with E-state index in [0.29, 0.717) is 11.2 Å². The fourth-order valence-corrected chi connectivity index (χ4v) is 2.42. The summed E-state index contributed by atoms with van der Waals surface area (Å²) >= 11 is 0. The van der Waals surface area contributed by atoms with Crippen molar-refractivity contribution < 1.29 is 14.9 Å². The van der Waals surface area contributed by atoms with E-state index < -0.39 is 24.1 Å². The smallest absolute Gasteiger partial charge is 0.353 e. The average molecular weight is 293 g/mol. The van der Waals surface area contributed by atoms with Crippen LogP contribution in [-0.2, 0) is 4.74 Å². The highest BCUT2D eigenvalue weighted by atomic mass is 16.5. The zero-order chi connectivity index (χ0) is 15.1. The van der Waals surface area contributed by atoms with E-state index in [2.05, 4.69) is 15.0 Å². The van der Waals surface area contributed by atoms with E-state index in [1.165, 1.54) is 10.8 Å². The minimum atomic E-state index is -0.863. The number of nitrogen functional groups attached to an aromatic ring is 1. The molecule has 9 nitrogen and oxygen atoms in total. The van der Waals surface area contributed by atoms with Gasteiger partial charge in [-0.3, -0.25) is 0 Å². The van der Waals surface area contributed by atoms with Gasteiger partial charge in [-0.2, -0.15) is 4.98 Å². The third kappa shape index (κ3) is 2.24. The Morgan fingerprint density at radius 1 is 1.52 bits per heavy atom. The minimum Gasteiger partial charge on any atom is -0.394 e. The van der Waals surface area contributed by atoms with E-state index in [9.17, 15) is 9.90 Å². The van der Waals surface area contributed by atoms with Crippen molar-refractivity contribution in [2.75, 3.05) is 12.3 Å². The van der Waals surface area contributed by atoms with Crippen molar-refractivity contribution in [2.45, 2.75) is 31.8 Å². The summed E-state index contributed by atoms with van der Waals surface area (Å²) in [5.41, 5.74) is 6.28. The Bertz CT molecular complexity index is 746. The van der Waals surface area contributed by atoms with Gasteiger partial charge >= 0.3 is 5.69 Å². The van der Waals surface area contributed by atoms with Gasteiger partial charge in [-0.25, -0.2) is 19.3 Å². The van der Waals surface area contributed by atoms with Gasteiger partial charge in [0.15, 0.2) is 11.5 Å².